The number of rotatable bonds is 24. The first kappa shape index (κ1) is 55.7. The minimum Gasteiger partial charge on any atom is -0.475 e. The molecule has 2 amide bonds. The smallest absolute Gasteiger partial charge is 0.475 e. The number of hydrogen-bond donors (Lipinski definition) is 2. The average molecular weight is 902 g/mol. The van der Waals surface area contributed by atoms with E-state index < -0.39 is 36.2 Å². The molecule has 0 aromatic heterocycles. The Morgan fingerprint density at radius 3 is 1.94 bits per heavy atom. The molecule has 2 aromatic rings. The lowest BCUT2D eigenvalue weighted by atomic mass is 9.84. The first-order valence-electron chi connectivity index (χ1n) is 22.5. The summed E-state index contributed by atoms with van der Waals surface area (Å²) in [6, 6.07) is 19.4. The summed E-state index contributed by atoms with van der Waals surface area (Å²) in [5.74, 6) is -3.65. The number of nitrogens with zero attached hydrogens (tertiary/aromatic N) is 2. The molecule has 0 spiro atoms. The molecule has 2 N–H and O–H groups in total. The fourth-order valence-electron chi connectivity index (χ4n) is 8.80. The van der Waals surface area contributed by atoms with Gasteiger partial charge in [-0.2, -0.15) is 13.2 Å². The quantitative estimate of drug-likeness (QED) is 0.106. The van der Waals surface area contributed by atoms with E-state index >= 15 is 0 Å². The Balaban J connectivity index is 0.00000185. The van der Waals surface area contributed by atoms with Gasteiger partial charge in [0.25, 0.3) is 0 Å². The SMILES string of the molecule is CC[C@H](C)[C@@H]([C@@H](CC(=O)N1CCC[C@H]1[C@H](OC)[C@@H](C)C(=O)CC(/C=C/c1ccccc1)Cc1ccccc1)OC)N(C)C(=O)[C@@H](CC(=O)[C@@H](NC)C(C)C)C(C)C.O=C(O)C(F)(F)F. The van der Waals surface area contributed by atoms with Gasteiger partial charge in [-0.15, -0.1) is 0 Å². The van der Waals surface area contributed by atoms with Crippen molar-refractivity contribution in [1.82, 2.24) is 15.1 Å². The third kappa shape index (κ3) is 16.9. The van der Waals surface area contributed by atoms with E-state index in [4.69, 9.17) is 19.4 Å². The number of ether oxygens (including phenoxy) is 2. The molecular weight excluding hydrogens is 828 g/mol. The number of aliphatic carboxylic acids is 1. The predicted molar refractivity (Wildman–Crippen MR) is 244 cm³/mol. The Hall–Kier alpha value is -4.40. The average Bonchev–Trinajstić information content (AvgIpc) is 3.74. The summed E-state index contributed by atoms with van der Waals surface area (Å²) >= 11 is 0. The number of carboxylic acids is 1. The Labute approximate surface area is 379 Å². The predicted octanol–water partition coefficient (Wildman–Crippen LogP) is 8.55. The number of benzene rings is 2. The van der Waals surface area contributed by atoms with Crippen LogP contribution in [-0.2, 0) is 39.9 Å². The summed E-state index contributed by atoms with van der Waals surface area (Å²) < 4.78 is 43.9. The first-order chi connectivity index (χ1) is 30.1. The number of nitrogens with one attached hydrogen (secondary N) is 1. The number of ketones is 2. The zero-order chi connectivity index (χ0) is 48.3. The number of alkyl halides is 3. The van der Waals surface area contributed by atoms with E-state index in [1.807, 2.05) is 75.9 Å². The Morgan fingerprint density at radius 2 is 1.45 bits per heavy atom. The summed E-state index contributed by atoms with van der Waals surface area (Å²) in [5.41, 5.74) is 2.26. The number of halogens is 3. The van der Waals surface area contributed by atoms with E-state index in [0.717, 1.165) is 31.2 Å². The molecule has 11 nitrogen and oxygen atoms in total. The summed E-state index contributed by atoms with van der Waals surface area (Å²) in [6.45, 7) is 14.6. The maximum Gasteiger partial charge on any atom is 0.490 e. The number of Topliss-reactive ketones (excluding diaryl/α,β-unsaturated/α-hetero) is 2. The van der Waals surface area contributed by atoms with Gasteiger partial charge in [-0.1, -0.05) is 128 Å². The summed E-state index contributed by atoms with van der Waals surface area (Å²) in [5, 5.41) is 10.3. The topological polar surface area (TPSA) is 143 Å². The van der Waals surface area contributed by atoms with Crippen molar-refractivity contribution in [2.24, 2.45) is 35.5 Å². The monoisotopic (exact) mass is 902 g/mol. The van der Waals surface area contributed by atoms with Crippen molar-refractivity contribution in [3.05, 3.63) is 77.9 Å². The molecule has 0 saturated carbocycles. The van der Waals surface area contributed by atoms with Gasteiger partial charge in [-0.05, 0) is 61.1 Å². The molecule has 1 heterocycles. The van der Waals surface area contributed by atoms with Gasteiger partial charge in [-0.3, -0.25) is 19.2 Å². The number of likely N-dealkylation sites (N-methyl/N-ethyl adjacent to an activating group) is 2. The standard InChI is InChI=1S/C48H73N3O6.C2HF3O2/c1-12-34(6)46(50(9)48(55)39(32(2)3)30-42(53)45(49-8)33(4)5)43(56-10)31-44(54)51-27-19-24-40(51)47(57-11)35(7)41(52)29-38(28-37-22-17-14-18-23-37)26-25-36-20-15-13-16-21-36;3-2(4,5)1(6)7/h13-18,20-23,25-26,32-35,38-40,43,45-47,49H,12,19,24,27-31H2,1-11H3;(H,6,7)/b26-25+;/t34-,35-,38?,39-,40-,43+,45-,46-,47+;/m0./s1. The maximum absolute atomic E-state index is 14.3. The van der Waals surface area contributed by atoms with E-state index in [1.165, 1.54) is 5.56 Å². The number of allylic oxidation sites excluding steroid dienone is 1. The van der Waals surface area contributed by atoms with Crippen LogP contribution in [0.3, 0.4) is 0 Å². The lowest BCUT2D eigenvalue weighted by molar-refractivity contribution is -0.192. The second kappa shape index (κ2) is 27.2. The van der Waals surface area contributed by atoms with Crippen molar-refractivity contribution >= 4 is 35.4 Å². The van der Waals surface area contributed by atoms with Crippen molar-refractivity contribution < 1.29 is 51.7 Å². The van der Waals surface area contributed by atoms with Crippen LogP contribution in [0, 0.1) is 35.5 Å². The maximum atomic E-state index is 14.3. The van der Waals surface area contributed by atoms with E-state index in [2.05, 4.69) is 55.6 Å². The normalized spacial score (nSPS) is 18.1. The lowest BCUT2D eigenvalue weighted by Gasteiger charge is -2.41. The van der Waals surface area contributed by atoms with Gasteiger partial charge in [0.05, 0.1) is 36.8 Å². The molecule has 0 aliphatic carbocycles. The van der Waals surface area contributed by atoms with Crippen LogP contribution in [0.15, 0.2) is 66.7 Å². The van der Waals surface area contributed by atoms with Gasteiger partial charge in [-0.25, -0.2) is 4.79 Å². The second-order valence-corrected chi connectivity index (χ2v) is 17.8. The number of likely N-dealkylation sites (tertiary alicyclic amines) is 1. The zero-order valence-electron chi connectivity index (χ0n) is 39.8. The van der Waals surface area contributed by atoms with Gasteiger partial charge in [0.1, 0.15) is 5.78 Å². The highest BCUT2D eigenvalue weighted by atomic mass is 19.4. The molecule has 0 bridgehead atoms. The Kier molecular flexibility index (Phi) is 23.7. The molecular formula is C50H74F3N3O8. The number of methoxy groups -OCH3 is 2. The Morgan fingerprint density at radius 1 is 0.875 bits per heavy atom. The minimum absolute atomic E-state index is 0.00520. The molecule has 1 aliphatic heterocycles. The number of amides is 2. The highest BCUT2D eigenvalue weighted by molar-refractivity contribution is 5.90. The van der Waals surface area contributed by atoms with Crippen molar-refractivity contribution in [2.75, 3.05) is 34.9 Å². The van der Waals surface area contributed by atoms with Gasteiger partial charge in [0, 0.05) is 52.5 Å². The van der Waals surface area contributed by atoms with Crippen LogP contribution in [0.4, 0.5) is 13.2 Å². The number of carbonyl (C=O) groups excluding carboxylic acids is 4. The summed E-state index contributed by atoms with van der Waals surface area (Å²) in [4.78, 5) is 68.6. The van der Waals surface area contributed by atoms with Crippen LogP contribution in [0.1, 0.15) is 98.1 Å². The summed E-state index contributed by atoms with van der Waals surface area (Å²) in [6.07, 6.45) is 1.78. The van der Waals surface area contributed by atoms with Crippen LogP contribution in [0.2, 0.25) is 0 Å². The van der Waals surface area contributed by atoms with Gasteiger partial charge in [0.15, 0.2) is 5.78 Å². The van der Waals surface area contributed by atoms with E-state index in [0.29, 0.717) is 13.0 Å². The molecule has 64 heavy (non-hydrogen) atoms. The highest BCUT2D eigenvalue weighted by Gasteiger charge is 2.43. The molecule has 2 aromatic carbocycles. The van der Waals surface area contributed by atoms with E-state index in [9.17, 15) is 32.3 Å². The van der Waals surface area contributed by atoms with Gasteiger partial charge < -0.3 is 29.7 Å². The minimum atomic E-state index is -5.08. The number of hydrogen-bond acceptors (Lipinski definition) is 8. The van der Waals surface area contributed by atoms with Crippen LogP contribution in [0.25, 0.3) is 6.08 Å². The zero-order valence-corrected chi connectivity index (χ0v) is 39.8. The Bertz CT molecular complexity index is 1770. The molecule has 9 atom stereocenters. The van der Waals surface area contributed by atoms with Gasteiger partial charge in [0.2, 0.25) is 11.8 Å². The molecule has 1 aliphatic rings. The molecule has 14 heteroatoms. The third-order valence-electron chi connectivity index (χ3n) is 12.6. The lowest BCUT2D eigenvalue weighted by Crippen LogP contribution is -2.54. The molecule has 1 saturated heterocycles. The first-order valence-corrected chi connectivity index (χ1v) is 22.5. The summed E-state index contributed by atoms with van der Waals surface area (Å²) in [7, 11) is 6.82. The number of carboxylic acid groups (broad SMARTS) is 1. The molecule has 1 fully saturated rings. The van der Waals surface area contributed by atoms with Crippen LogP contribution >= 0.6 is 0 Å². The molecule has 358 valence electrons. The molecule has 3 rings (SSSR count). The van der Waals surface area contributed by atoms with Crippen molar-refractivity contribution in [1.29, 1.82) is 0 Å². The molecule has 1 unspecified atom stereocenters. The van der Waals surface area contributed by atoms with Gasteiger partial charge >= 0.3 is 12.1 Å². The van der Waals surface area contributed by atoms with Crippen molar-refractivity contribution in [3.8, 4) is 0 Å². The third-order valence-corrected chi connectivity index (χ3v) is 12.6. The largest absolute Gasteiger partial charge is 0.490 e. The fraction of sp³-hybridized carbons (Fsp3) is 0.620. The van der Waals surface area contributed by atoms with E-state index in [1.54, 1.807) is 33.2 Å². The van der Waals surface area contributed by atoms with Crippen LogP contribution in [0.5, 0.6) is 0 Å². The fourth-order valence-corrected chi connectivity index (χ4v) is 8.80. The van der Waals surface area contributed by atoms with Crippen LogP contribution in [-0.4, -0.2) is 116 Å². The van der Waals surface area contributed by atoms with Crippen LogP contribution < -0.4 is 5.32 Å². The van der Waals surface area contributed by atoms with Crippen molar-refractivity contribution in [2.45, 2.75) is 130 Å². The number of carbonyl (C=O) groups is 5. The van der Waals surface area contributed by atoms with E-state index in [-0.39, 0.29) is 78.0 Å². The molecule has 0 radical (unpaired) electrons. The second-order valence-electron chi connectivity index (χ2n) is 17.8. The van der Waals surface area contributed by atoms with Crippen molar-refractivity contribution in [3.63, 3.8) is 0 Å². The highest BCUT2D eigenvalue weighted by Crippen LogP contribution is 2.32.